The molecule has 166 valence electrons. The van der Waals surface area contributed by atoms with Crippen LogP contribution in [-0.4, -0.2) is 71.4 Å². The molecule has 1 aromatic rings. The Hall–Kier alpha value is -1.94. The van der Waals surface area contributed by atoms with Crippen molar-refractivity contribution in [3.63, 3.8) is 0 Å². The second-order valence-corrected chi connectivity index (χ2v) is 10.6. The zero-order valence-electron chi connectivity index (χ0n) is 17.8. The maximum absolute atomic E-state index is 13.4. The summed E-state index contributed by atoms with van der Waals surface area (Å²) in [6.07, 6.45) is 5.38. The second-order valence-electron chi connectivity index (χ2n) is 8.73. The number of nitrogens with zero attached hydrogens (tertiary/aromatic N) is 4. The summed E-state index contributed by atoms with van der Waals surface area (Å²) in [6, 6.07) is 0.264. The van der Waals surface area contributed by atoms with Crippen molar-refractivity contribution in [2.24, 2.45) is 5.92 Å². The van der Waals surface area contributed by atoms with Crippen molar-refractivity contribution in [1.29, 1.82) is 0 Å². The lowest BCUT2D eigenvalue weighted by molar-refractivity contribution is -0.131. The Morgan fingerprint density at radius 3 is 2.43 bits per heavy atom. The molecular formula is C20H31N5O4S. The molecule has 1 N–H and O–H groups in total. The lowest BCUT2D eigenvalue weighted by Gasteiger charge is -2.31. The van der Waals surface area contributed by atoms with Gasteiger partial charge in [0.2, 0.25) is 21.8 Å². The fourth-order valence-electron chi connectivity index (χ4n) is 4.45. The summed E-state index contributed by atoms with van der Waals surface area (Å²) in [4.78, 5) is 26.9. The van der Waals surface area contributed by atoms with E-state index < -0.39 is 10.0 Å². The summed E-state index contributed by atoms with van der Waals surface area (Å²) in [7, 11) is -3.79. The quantitative estimate of drug-likeness (QED) is 0.709. The number of amides is 2. The molecule has 30 heavy (non-hydrogen) atoms. The number of piperidine rings is 1. The topological polar surface area (TPSA) is 105 Å². The number of rotatable bonds is 6. The van der Waals surface area contributed by atoms with E-state index in [1.54, 1.807) is 18.7 Å². The smallest absolute Gasteiger partial charge is 0.246 e. The van der Waals surface area contributed by atoms with Crippen LogP contribution >= 0.6 is 0 Å². The van der Waals surface area contributed by atoms with E-state index in [-0.39, 0.29) is 41.8 Å². The first-order valence-corrected chi connectivity index (χ1v) is 12.3. The number of likely N-dealkylation sites (tertiary alicyclic amines) is 1. The van der Waals surface area contributed by atoms with Gasteiger partial charge < -0.3 is 10.2 Å². The lowest BCUT2D eigenvalue weighted by Crippen LogP contribution is -2.46. The van der Waals surface area contributed by atoms with Crippen molar-refractivity contribution in [3.8, 4) is 0 Å². The van der Waals surface area contributed by atoms with Crippen LogP contribution in [0.5, 0.6) is 0 Å². The van der Waals surface area contributed by atoms with Crippen molar-refractivity contribution in [1.82, 2.24) is 24.3 Å². The average molecular weight is 438 g/mol. The van der Waals surface area contributed by atoms with Crippen LogP contribution in [0, 0.1) is 19.8 Å². The van der Waals surface area contributed by atoms with E-state index in [1.807, 2.05) is 0 Å². The van der Waals surface area contributed by atoms with Crippen LogP contribution < -0.4 is 5.32 Å². The number of sulfonamides is 1. The molecule has 0 bridgehead atoms. The van der Waals surface area contributed by atoms with Crippen LogP contribution in [0.4, 0.5) is 0 Å². The maximum Gasteiger partial charge on any atom is 0.246 e. The molecule has 2 amide bonds. The van der Waals surface area contributed by atoms with Gasteiger partial charge in [-0.15, -0.1) is 0 Å². The van der Waals surface area contributed by atoms with Crippen molar-refractivity contribution in [2.45, 2.75) is 69.9 Å². The highest BCUT2D eigenvalue weighted by Crippen LogP contribution is 2.29. The number of hydrogen-bond donors (Lipinski definition) is 1. The Balaban J connectivity index is 1.50. The summed E-state index contributed by atoms with van der Waals surface area (Å²) >= 11 is 0. The first-order valence-electron chi connectivity index (χ1n) is 10.9. The van der Waals surface area contributed by atoms with Gasteiger partial charge in [-0.3, -0.25) is 14.3 Å². The van der Waals surface area contributed by atoms with Gasteiger partial charge in [0.1, 0.15) is 11.4 Å². The van der Waals surface area contributed by atoms with Crippen LogP contribution in [-0.2, 0) is 26.2 Å². The number of carbonyl (C=O) groups is 2. The average Bonchev–Trinajstić information content (AvgIpc) is 3.24. The molecule has 3 heterocycles. The van der Waals surface area contributed by atoms with E-state index >= 15 is 0 Å². The van der Waals surface area contributed by atoms with Crippen molar-refractivity contribution in [2.75, 3.05) is 26.2 Å². The zero-order valence-corrected chi connectivity index (χ0v) is 18.6. The minimum atomic E-state index is -3.79. The third-order valence-corrected chi connectivity index (χ3v) is 8.45. The molecule has 0 unspecified atom stereocenters. The Labute approximate surface area is 177 Å². The molecule has 1 aromatic heterocycles. The number of aromatic nitrogens is 2. The molecule has 1 aliphatic carbocycles. The maximum atomic E-state index is 13.4. The predicted octanol–water partition coefficient (Wildman–Crippen LogP) is 0.802. The van der Waals surface area contributed by atoms with Crippen molar-refractivity contribution >= 4 is 21.8 Å². The second kappa shape index (κ2) is 8.30. The zero-order chi connectivity index (χ0) is 21.5. The molecule has 1 saturated carbocycles. The number of nitrogens with one attached hydrogen (secondary N) is 1. The summed E-state index contributed by atoms with van der Waals surface area (Å²) < 4.78 is 29.8. The van der Waals surface area contributed by atoms with E-state index in [2.05, 4.69) is 10.4 Å². The molecule has 10 heteroatoms. The van der Waals surface area contributed by atoms with E-state index in [1.165, 1.54) is 8.99 Å². The highest BCUT2D eigenvalue weighted by Gasteiger charge is 2.37. The Morgan fingerprint density at radius 2 is 1.77 bits per heavy atom. The van der Waals surface area contributed by atoms with Gasteiger partial charge in [-0.25, -0.2) is 8.42 Å². The highest BCUT2D eigenvalue weighted by atomic mass is 32.2. The summed E-state index contributed by atoms with van der Waals surface area (Å²) in [5, 5.41) is 7.36. The van der Waals surface area contributed by atoms with Gasteiger partial charge in [0.25, 0.3) is 0 Å². The van der Waals surface area contributed by atoms with Crippen LogP contribution in [0.3, 0.4) is 0 Å². The summed E-state index contributed by atoms with van der Waals surface area (Å²) in [6.45, 7) is 5.50. The van der Waals surface area contributed by atoms with Gasteiger partial charge >= 0.3 is 0 Å². The molecule has 4 rings (SSSR count). The largest absolute Gasteiger partial charge is 0.353 e. The Morgan fingerprint density at radius 1 is 1.07 bits per heavy atom. The molecule has 1 atom stereocenters. The van der Waals surface area contributed by atoms with Crippen molar-refractivity contribution in [3.05, 3.63) is 11.4 Å². The predicted molar refractivity (Wildman–Crippen MR) is 110 cm³/mol. The van der Waals surface area contributed by atoms with Crippen LogP contribution in [0.15, 0.2) is 4.90 Å². The summed E-state index contributed by atoms with van der Waals surface area (Å²) in [5.74, 6) is -0.392. The molecule has 0 spiro atoms. The lowest BCUT2D eigenvalue weighted by atomic mass is 9.99. The molecule has 2 aliphatic heterocycles. The SMILES string of the molecule is Cc1nn(CC(=O)N2CCCC2)c(C)c1S(=O)(=O)N1CCC[C@@H](C(=O)NC2CC2)C1. The molecule has 0 aromatic carbocycles. The number of hydrogen-bond acceptors (Lipinski definition) is 5. The first kappa shape index (κ1) is 21.3. The number of carbonyl (C=O) groups excluding carboxylic acids is 2. The normalized spacial score (nSPS) is 23.0. The fraction of sp³-hybridized carbons (Fsp3) is 0.750. The van der Waals surface area contributed by atoms with Gasteiger partial charge in [-0.1, -0.05) is 0 Å². The van der Waals surface area contributed by atoms with Crippen LogP contribution in [0.1, 0.15) is 49.9 Å². The van der Waals surface area contributed by atoms with Gasteiger partial charge in [-0.2, -0.15) is 9.40 Å². The van der Waals surface area contributed by atoms with E-state index in [0.717, 1.165) is 38.8 Å². The van der Waals surface area contributed by atoms with E-state index in [4.69, 9.17) is 0 Å². The van der Waals surface area contributed by atoms with Crippen LogP contribution in [0.25, 0.3) is 0 Å². The molecular weight excluding hydrogens is 406 g/mol. The van der Waals surface area contributed by atoms with E-state index in [0.29, 0.717) is 30.8 Å². The fourth-order valence-corrected chi connectivity index (χ4v) is 6.35. The molecule has 9 nitrogen and oxygen atoms in total. The van der Waals surface area contributed by atoms with Gasteiger partial charge in [-0.05, 0) is 52.4 Å². The van der Waals surface area contributed by atoms with Gasteiger partial charge in [0, 0.05) is 32.2 Å². The Kier molecular flexibility index (Phi) is 5.89. The molecule has 3 fully saturated rings. The number of aryl methyl sites for hydroxylation is 1. The third kappa shape index (κ3) is 4.25. The van der Waals surface area contributed by atoms with Crippen LogP contribution in [0.2, 0.25) is 0 Å². The molecule has 2 saturated heterocycles. The monoisotopic (exact) mass is 437 g/mol. The standard InChI is InChI=1S/C20H31N5O4S/c1-14-19(15(2)25(22-14)13-18(26)23-9-3-4-10-23)30(28,29)24-11-5-6-16(12-24)20(27)21-17-7-8-17/h16-17H,3-13H2,1-2H3,(H,21,27)/t16-/m1/s1. The third-order valence-electron chi connectivity index (χ3n) is 6.34. The highest BCUT2D eigenvalue weighted by molar-refractivity contribution is 7.89. The van der Waals surface area contributed by atoms with Gasteiger partial charge in [0.05, 0.1) is 17.3 Å². The Bertz CT molecular complexity index is 931. The molecule has 3 aliphatic rings. The minimum Gasteiger partial charge on any atom is -0.353 e. The van der Waals surface area contributed by atoms with Gasteiger partial charge in [0.15, 0.2) is 0 Å². The molecule has 0 radical (unpaired) electrons. The minimum absolute atomic E-state index is 0.0307. The summed E-state index contributed by atoms with van der Waals surface area (Å²) in [5.41, 5.74) is 0.871. The van der Waals surface area contributed by atoms with E-state index in [9.17, 15) is 18.0 Å². The first-order chi connectivity index (χ1) is 14.3. The van der Waals surface area contributed by atoms with Crippen molar-refractivity contribution < 1.29 is 18.0 Å².